The van der Waals surface area contributed by atoms with Gasteiger partial charge in [-0.05, 0) is 18.8 Å². The molecular weight excluding hydrogens is 292 g/mol. The summed E-state index contributed by atoms with van der Waals surface area (Å²) in [6.45, 7) is 6.40. The van der Waals surface area contributed by atoms with Gasteiger partial charge in [0.2, 0.25) is 5.92 Å². The Morgan fingerprint density at radius 2 is 2.05 bits per heavy atom. The zero-order chi connectivity index (χ0) is 15.7. The molecule has 1 aliphatic carbocycles. The van der Waals surface area contributed by atoms with Gasteiger partial charge in [-0.2, -0.15) is 0 Å². The van der Waals surface area contributed by atoms with Crippen LogP contribution in [0.25, 0.3) is 0 Å². The first-order chi connectivity index (χ1) is 9.71. The summed E-state index contributed by atoms with van der Waals surface area (Å²) in [4.78, 5) is 4.67. The van der Waals surface area contributed by atoms with E-state index < -0.39 is 5.92 Å². The van der Waals surface area contributed by atoms with Crippen molar-refractivity contribution in [3.63, 3.8) is 0 Å². The van der Waals surface area contributed by atoms with Gasteiger partial charge in [-0.25, -0.2) is 13.8 Å². The molecule has 1 aliphatic rings. The van der Waals surface area contributed by atoms with Gasteiger partial charge in [-0.1, -0.05) is 20.8 Å². The molecule has 0 bridgehead atoms. The third-order valence-corrected chi connectivity index (χ3v) is 5.13. The van der Waals surface area contributed by atoms with Crippen LogP contribution < -0.4 is 11.3 Å². The van der Waals surface area contributed by atoms with Crippen LogP contribution >= 0.6 is 11.3 Å². The van der Waals surface area contributed by atoms with Crippen LogP contribution in [0.2, 0.25) is 0 Å². The van der Waals surface area contributed by atoms with E-state index in [2.05, 4.69) is 36.6 Å². The number of aromatic nitrogens is 1. The Kier molecular flexibility index (Phi) is 5.00. The minimum atomic E-state index is -2.49. The molecule has 1 fully saturated rings. The highest BCUT2D eigenvalue weighted by molar-refractivity contribution is 7.09. The maximum atomic E-state index is 13.2. The zero-order valence-corrected chi connectivity index (χ0v) is 13.8. The minimum Gasteiger partial charge on any atom is -0.271 e. The number of alkyl halides is 2. The Balaban J connectivity index is 1.98. The van der Waals surface area contributed by atoms with Crippen LogP contribution in [0, 0.1) is 5.92 Å². The van der Waals surface area contributed by atoms with Gasteiger partial charge in [0.1, 0.15) is 0 Å². The summed E-state index contributed by atoms with van der Waals surface area (Å²) in [5.74, 6) is 3.37. The largest absolute Gasteiger partial charge is 0.271 e. The average Bonchev–Trinajstić information content (AvgIpc) is 2.85. The molecule has 0 aliphatic heterocycles. The van der Waals surface area contributed by atoms with E-state index in [4.69, 9.17) is 5.84 Å². The van der Waals surface area contributed by atoms with Crippen molar-refractivity contribution in [1.82, 2.24) is 10.4 Å². The second kappa shape index (κ2) is 6.26. The predicted molar refractivity (Wildman–Crippen MR) is 82.5 cm³/mol. The standard InChI is InChI=1S/C15H25F2N3S/c1-14(2,3)12-9-21-13(19-12)8-11(20-18)10-4-6-15(16,17)7-5-10/h9-11,20H,4-8,18H2,1-3H3. The Labute approximate surface area is 129 Å². The van der Waals surface area contributed by atoms with Crippen LogP contribution in [0.3, 0.4) is 0 Å². The van der Waals surface area contributed by atoms with E-state index in [1.54, 1.807) is 11.3 Å². The Hall–Kier alpha value is -0.590. The molecule has 2 rings (SSSR count). The van der Waals surface area contributed by atoms with Gasteiger partial charge in [0.25, 0.3) is 0 Å². The molecule has 1 aromatic heterocycles. The summed E-state index contributed by atoms with van der Waals surface area (Å²) in [6.07, 6.45) is 1.72. The molecule has 1 unspecified atom stereocenters. The first-order valence-electron chi connectivity index (χ1n) is 7.50. The van der Waals surface area contributed by atoms with Gasteiger partial charge in [-0.15, -0.1) is 11.3 Å². The highest BCUT2D eigenvalue weighted by atomic mass is 32.1. The molecular formula is C15H25F2N3S. The maximum absolute atomic E-state index is 13.2. The summed E-state index contributed by atoms with van der Waals surface area (Å²) in [5.41, 5.74) is 3.93. The quantitative estimate of drug-likeness (QED) is 0.658. The van der Waals surface area contributed by atoms with Crippen LogP contribution in [-0.4, -0.2) is 16.9 Å². The second-order valence-corrected chi connectivity index (χ2v) is 7.99. The van der Waals surface area contributed by atoms with Gasteiger partial charge in [0.15, 0.2) is 0 Å². The van der Waals surface area contributed by atoms with Crippen LogP contribution in [0.4, 0.5) is 8.78 Å². The van der Waals surface area contributed by atoms with E-state index in [0.29, 0.717) is 19.3 Å². The monoisotopic (exact) mass is 317 g/mol. The van der Waals surface area contributed by atoms with E-state index in [1.807, 2.05) is 0 Å². The number of hydrazine groups is 1. The number of nitrogens with zero attached hydrogens (tertiary/aromatic N) is 1. The number of halogens is 2. The first kappa shape index (κ1) is 16.8. The van der Waals surface area contributed by atoms with Crippen molar-refractivity contribution >= 4 is 11.3 Å². The lowest BCUT2D eigenvalue weighted by atomic mass is 9.81. The van der Waals surface area contributed by atoms with Crippen LogP contribution in [0.15, 0.2) is 5.38 Å². The van der Waals surface area contributed by atoms with Crippen molar-refractivity contribution in [2.45, 2.75) is 70.3 Å². The van der Waals surface area contributed by atoms with Gasteiger partial charge in [0, 0.05) is 36.1 Å². The molecule has 1 heterocycles. The Morgan fingerprint density at radius 1 is 1.43 bits per heavy atom. The smallest absolute Gasteiger partial charge is 0.248 e. The number of nitrogens with one attached hydrogen (secondary N) is 1. The fraction of sp³-hybridized carbons (Fsp3) is 0.800. The summed E-state index contributed by atoms with van der Waals surface area (Å²) < 4.78 is 26.5. The van der Waals surface area contributed by atoms with E-state index in [1.165, 1.54) is 0 Å². The van der Waals surface area contributed by atoms with Crippen molar-refractivity contribution in [1.29, 1.82) is 0 Å². The third-order valence-electron chi connectivity index (χ3n) is 4.26. The van der Waals surface area contributed by atoms with E-state index in [-0.39, 0.29) is 30.2 Å². The van der Waals surface area contributed by atoms with Crippen molar-refractivity contribution in [3.05, 3.63) is 16.1 Å². The topological polar surface area (TPSA) is 50.9 Å². The number of thiazole rings is 1. The fourth-order valence-corrected chi connectivity index (χ4v) is 3.84. The predicted octanol–water partition coefficient (Wildman–Crippen LogP) is 3.64. The highest BCUT2D eigenvalue weighted by Crippen LogP contribution is 2.38. The van der Waals surface area contributed by atoms with E-state index in [9.17, 15) is 8.78 Å². The molecule has 1 saturated carbocycles. The normalized spacial score (nSPS) is 21.4. The third kappa shape index (κ3) is 4.44. The van der Waals surface area contributed by atoms with Crippen LogP contribution in [0.5, 0.6) is 0 Å². The lowest BCUT2D eigenvalue weighted by molar-refractivity contribution is -0.0495. The lowest BCUT2D eigenvalue weighted by Gasteiger charge is -2.33. The van der Waals surface area contributed by atoms with Crippen molar-refractivity contribution in [2.75, 3.05) is 0 Å². The first-order valence-corrected chi connectivity index (χ1v) is 8.38. The lowest BCUT2D eigenvalue weighted by Crippen LogP contribution is -2.44. The molecule has 0 saturated heterocycles. The molecule has 21 heavy (non-hydrogen) atoms. The van der Waals surface area contributed by atoms with Crippen LogP contribution in [-0.2, 0) is 11.8 Å². The summed E-state index contributed by atoms with van der Waals surface area (Å²) >= 11 is 1.63. The number of nitrogens with two attached hydrogens (primary N) is 1. The van der Waals surface area contributed by atoms with Gasteiger partial charge < -0.3 is 0 Å². The summed E-state index contributed by atoms with van der Waals surface area (Å²) in [7, 11) is 0. The second-order valence-electron chi connectivity index (χ2n) is 7.05. The average molecular weight is 317 g/mol. The molecule has 0 radical (unpaired) electrons. The molecule has 1 atom stereocenters. The van der Waals surface area contributed by atoms with Crippen molar-refractivity contribution in [2.24, 2.45) is 11.8 Å². The Bertz CT molecular complexity index is 458. The van der Waals surface area contributed by atoms with Gasteiger partial charge in [-0.3, -0.25) is 11.3 Å². The molecule has 0 spiro atoms. The molecule has 120 valence electrons. The number of hydrogen-bond acceptors (Lipinski definition) is 4. The van der Waals surface area contributed by atoms with E-state index >= 15 is 0 Å². The van der Waals surface area contributed by atoms with Crippen molar-refractivity contribution < 1.29 is 8.78 Å². The minimum absolute atomic E-state index is 0.0268. The molecule has 0 aromatic carbocycles. The molecule has 0 amide bonds. The summed E-state index contributed by atoms with van der Waals surface area (Å²) in [5, 5.41) is 3.11. The summed E-state index contributed by atoms with van der Waals surface area (Å²) in [6, 6.07) is 0.0278. The molecule has 3 nitrogen and oxygen atoms in total. The molecule has 1 aromatic rings. The van der Waals surface area contributed by atoms with Gasteiger partial charge >= 0.3 is 0 Å². The van der Waals surface area contributed by atoms with Crippen molar-refractivity contribution in [3.8, 4) is 0 Å². The van der Waals surface area contributed by atoms with E-state index in [0.717, 1.165) is 10.7 Å². The number of rotatable bonds is 4. The molecule has 6 heteroatoms. The van der Waals surface area contributed by atoms with Gasteiger partial charge in [0.05, 0.1) is 10.7 Å². The number of hydrogen-bond donors (Lipinski definition) is 2. The van der Waals surface area contributed by atoms with Crippen LogP contribution in [0.1, 0.15) is 57.2 Å². The SMILES string of the molecule is CC(C)(C)c1csc(CC(NN)C2CCC(F)(F)CC2)n1. The fourth-order valence-electron chi connectivity index (χ4n) is 2.76. The highest BCUT2D eigenvalue weighted by Gasteiger charge is 2.37. The molecule has 3 N–H and O–H groups in total. The Morgan fingerprint density at radius 3 is 2.52 bits per heavy atom. The zero-order valence-electron chi connectivity index (χ0n) is 13.0. The maximum Gasteiger partial charge on any atom is 0.248 e.